The van der Waals surface area contributed by atoms with Gasteiger partial charge in [-0.2, -0.15) is 23.1 Å². The maximum absolute atomic E-state index is 12.8. The minimum absolute atomic E-state index is 0.235. The van der Waals surface area contributed by atoms with Crippen LogP contribution in [0.25, 0.3) is 11.2 Å². The van der Waals surface area contributed by atoms with Gasteiger partial charge in [0.2, 0.25) is 5.95 Å². The van der Waals surface area contributed by atoms with Crippen molar-refractivity contribution in [3.63, 3.8) is 0 Å². The first-order chi connectivity index (χ1) is 14.3. The molecule has 1 aliphatic rings. The van der Waals surface area contributed by atoms with Crippen molar-refractivity contribution in [2.75, 3.05) is 10.6 Å². The molecular weight excluding hydrogens is 395 g/mol. The molecule has 2 heterocycles. The predicted octanol–water partition coefficient (Wildman–Crippen LogP) is 4.29. The molecule has 0 atom stereocenters. The van der Waals surface area contributed by atoms with Gasteiger partial charge in [-0.1, -0.05) is 0 Å². The molecule has 4 rings (SSSR count). The first-order valence-corrected chi connectivity index (χ1v) is 10.0. The molecule has 160 valence electrons. The van der Waals surface area contributed by atoms with Gasteiger partial charge in [0.15, 0.2) is 17.0 Å². The van der Waals surface area contributed by atoms with Gasteiger partial charge >= 0.3 is 6.18 Å². The van der Waals surface area contributed by atoms with E-state index in [-0.39, 0.29) is 12.1 Å². The summed E-state index contributed by atoms with van der Waals surface area (Å²) in [5.41, 5.74) is 7.00. The molecule has 0 aliphatic heterocycles. The van der Waals surface area contributed by atoms with Crippen LogP contribution in [0, 0.1) is 0 Å². The van der Waals surface area contributed by atoms with E-state index in [1.165, 1.54) is 12.1 Å². The molecule has 0 spiro atoms. The minimum atomic E-state index is -4.37. The third kappa shape index (κ3) is 4.33. The lowest BCUT2D eigenvalue weighted by atomic mass is 9.92. The summed E-state index contributed by atoms with van der Waals surface area (Å²) < 4.78 is 40.4. The van der Waals surface area contributed by atoms with Crippen molar-refractivity contribution >= 4 is 28.6 Å². The van der Waals surface area contributed by atoms with Crippen LogP contribution < -0.4 is 16.4 Å². The smallest absolute Gasteiger partial charge is 0.351 e. The molecule has 30 heavy (non-hydrogen) atoms. The number of nitrogens with zero attached hydrogens (tertiary/aromatic N) is 4. The van der Waals surface area contributed by atoms with E-state index in [0.29, 0.717) is 35.2 Å². The van der Waals surface area contributed by atoms with Gasteiger partial charge in [0.1, 0.15) is 0 Å². The molecule has 2 aromatic heterocycles. The van der Waals surface area contributed by atoms with E-state index in [1.807, 2.05) is 11.5 Å². The molecule has 7 nitrogen and oxygen atoms in total. The summed E-state index contributed by atoms with van der Waals surface area (Å²) in [5.74, 6) is 0.912. The van der Waals surface area contributed by atoms with Gasteiger partial charge in [-0.15, -0.1) is 0 Å². The van der Waals surface area contributed by atoms with Gasteiger partial charge in [-0.3, -0.25) is 0 Å². The van der Waals surface area contributed by atoms with Crippen LogP contribution in [0.4, 0.5) is 30.6 Å². The van der Waals surface area contributed by atoms with E-state index < -0.39 is 11.7 Å². The van der Waals surface area contributed by atoms with E-state index in [9.17, 15) is 13.2 Å². The Bertz CT molecular complexity index is 1010. The zero-order valence-electron chi connectivity index (χ0n) is 16.6. The van der Waals surface area contributed by atoms with Crippen molar-refractivity contribution in [3.8, 4) is 0 Å². The number of hydrogen-bond donors (Lipinski definition) is 3. The van der Waals surface area contributed by atoms with Gasteiger partial charge in [-0.05, 0) is 56.9 Å². The number of benzene rings is 1. The number of hydrogen-bond acceptors (Lipinski definition) is 6. The first-order valence-electron chi connectivity index (χ1n) is 10.0. The number of aryl methyl sites for hydroxylation is 1. The van der Waals surface area contributed by atoms with Crippen LogP contribution in [0.1, 0.15) is 38.2 Å². The SMILES string of the molecule is CCn1cnc2c(Nc3ccc(C(F)(F)F)cc3)nc(N[C@H]3CC[C@@H](N)CC3)nc21. The van der Waals surface area contributed by atoms with Crippen molar-refractivity contribution in [1.82, 2.24) is 19.5 Å². The predicted molar refractivity (Wildman–Crippen MR) is 110 cm³/mol. The van der Waals surface area contributed by atoms with E-state index in [1.54, 1.807) is 6.33 Å². The van der Waals surface area contributed by atoms with Crippen molar-refractivity contribution in [2.24, 2.45) is 5.73 Å². The number of nitrogens with one attached hydrogen (secondary N) is 2. The lowest BCUT2D eigenvalue weighted by Gasteiger charge is -2.26. The standard InChI is InChI=1S/C20H24F3N7/c1-2-30-11-25-16-17(26-14-7-3-12(4-8-14)20(21,22)23)28-19(29-18(16)30)27-15-9-5-13(24)6-10-15/h3-4,7-8,11,13,15H,2,5-6,9-10,24H2,1H3,(H2,26,27,28,29)/t13-,15+. The van der Waals surface area contributed by atoms with Crippen molar-refractivity contribution in [2.45, 2.75) is 57.4 Å². The Balaban J connectivity index is 1.63. The largest absolute Gasteiger partial charge is 0.416 e. The molecule has 0 saturated heterocycles. The van der Waals surface area contributed by atoms with Crippen molar-refractivity contribution in [1.29, 1.82) is 0 Å². The topological polar surface area (TPSA) is 93.7 Å². The maximum Gasteiger partial charge on any atom is 0.416 e. The summed E-state index contributed by atoms with van der Waals surface area (Å²) in [4.78, 5) is 13.6. The Morgan fingerprint density at radius 1 is 1.10 bits per heavy atom. The van der Waals surface area contributed by atoms with Crippen LogP contribution >= 0.6 is 0 Å². The number of anilines is 3. The monoisotopic (exact) mass is 419 g/mol. The van der Waals surface area contributed by atoms with Gasteiger partial charge in [-0.25, -0.2) is 4.98 Å². The quantitative estimate of drug-likeness (QED) is 0.571. The first kappa shape index (κ1) is 20.4. The van der Waals surface area contributed by atoms with Gasteiger partial charge in [0, 0.05) is 24.3 Å². The third-order valence-corrected chi connectivity index (χ3v) is 5.38. The molecule has 0 radical (unpaired) electrons. The molecule has 1 fully saturated rings. The molecule has 1 saturated carbocycles. The number of alkyl halides is 3. The second kappa shape index (κ2) is 8.10. The highest BCUT2D eigenvalue weighted by Gasteiger charge is 2.30. The van der Waals surface area contributed by atoms with E-state index >= 15 is 0 Å². The summed E-state index contributed by atoms with van der Waals surface area (Å²) >= 11 is 0. The van der Waals surface area contributed by atoms with Crippen molar-refractivity contribution < 1.29 is 13.2 Å². The second-order valence-corrected chi connectivity index (χ2v) is 7.55. The molecule has 1 aromatic carbocycles. The van der Waals surface area contributed by atoms with Crippen LogP contribution in [0.3, 0.4) is 0 Å². The number of imidazole rings is 1. The summed E-state index contributed by atoms with van der Waals surface area (Å²) in [5, 5.41) is 6.48. The van der Waals surface area contributed by atoms with Crippen molar-refractivity contribution in [3.05, 3.63) is 36.2 Å². The Kier molecular flexibility index (Phi) is 5.50. The van der Waals surface area contributed by atoms with Gasteiger partial charge in [0.25, 0.3) is 0 Å². The number of rotatable bonds is 5. The van der Waals surface area contributed by atoms with E-state index in [4.69, 9.17) is 5.73 Å². The summed E-state index contributed by atoms with van der Waals surface area (Å²) in [6.45, 7) is 2.67. The Hall–Kier alpha value is -2.88. The normalized spacial score (nSPS) is 19.8. The third-order valence-electron chi connectivity index (χ3n) is 5.38. The Morgan fingerprint density at radius 2 is 1.80 bits per heavy atom. The number of aromatic nitrogens is 4. The van der Waals surface area contributed by atoms with Gasteiger partial charge < -0.3 is 20.9 Å². The zero-order chi connectivity index (χ0) is 21.3. The zero-order valence-corrected chi connectivity index (χ0v) is 16.6. The van der Waals surface area contributed by atoms with E-state index in [2.05, 4.69) is 25.6 Å². The molecule has 0 unspecified atom stereocenters. The average Bonchev–Trinajstić information content (AvgIpc) is 3.13. The summed E-state index contributed by atoms with van der Waals surface area (Å²) in [6.07, 6.45) is 1.09. The second-order valence-electron chi connectivity index (χ2n) is 7.55. The molecule has 0 amide bonds. The molecule has 4 N–H and O–H groups in total. The fourth-order valence-corrected chi connectivity index (χ4v) is 3.65. The van der Waals surface area contributed by atoms with Crippen LogP contribution in [0.15, 0.2) is 30.6 Å². The molecule has 10 heteroatoms. The highest BCUT2D eigenvalue weighted by molar-refractivity contribution is 5.86. The minimum Gasteiger partial charge on any atom is -0.351 e. The fourth-order valence-electron chi connectivity index (χ4n) is 3.65. The number of halogens is 3. The lowest BCUT2D eigenvalue weighted by molar-refractivity contribution is -0.137. The highest BCUT2D eigenvalue weighted by atomic mass is 19.4. The lowest BCUT2D eigenvalue weighted by Crippen LogP contribution is -2.33. The van der Waals surface area contributed by atoms with Crippen LogP contribution in [0.5, 0.6) is 0 Å². The molecule has 0 bridgehead atoms. The maximum atomic E-state index is 12.8. The molecular formula is C20H24F3N7. The van der Waals surface area contributed by atoms with E-state index in [0.717, 1.165) is 37.8 Å². The fraction of sp³-hybridized carbons (Fsp3) is 0.450. The molecule has 3 aromatic rings. The Morgan fingerprint density at radius 3 is 2.43 bits per heavy atom. The summed E-state index contributed by atoms with van der Waals surface area (Å²) in [6, 6.07) is 5.31. The summed E-state index contributed by atoms with van der Waals surface area (Å²) in [7, 11) is 0. The highest BCUT2D eigenvalue weighted by Crippen LogP contribution is 2.31. The molecule has 1 aliphatic carbocycles. The Labute approximate surface area is 171 Å². The van der Waals surface area contributed by atoms with Gasteiger partial charge in [0.05, 0.1) is 11.9 Å². The van der Waals surface area contributed by atoms with Crippen LogP contribution in [-0.2, 0) is 12.7 Å². The average molecular weight is 419 g/mol. The number of fused-ring (bicyclic) bond motifs is 1. The van der Waals surface area contributed by atoms with Crippen LogP contribution in [0.2, 0.25) is 0 Å². The van der Waals surface area contributed by atoms with Crippen LogP contribution in [-0.4, -0.2) is 31.6 Å². The number of nitrogens with two attached hydrogens (primary N) is 1.